The summed E-state index contributed by atoms with van der Waals surface area (Å²) >= 11 is 0. The summed E-state index contributed by atoms with van der Waals surface area (Å²) in [4.78, 5) is 0. The molecule has 1 aromatic carbocycles. The van der Waals surface area contributed by atoms with Crippen LogP contribution in [-0.4, -0.2) is 12.3 Å². The molecule has 1 rings (SSSR count). The highest BCUT2D eigenvalue weighted by atomic mass is 16.5. The smallest absolute Gasteiger partial charge is 0.0726 e. The molecule has 3 nitrogen and oxygen atoms in total. The van der Waals surface area contributed by atoms with Gasteiger partial charge in [-0.1, -0.05) is 31.2 Å². The number of nitrogens with two attached hydrogens (primary N) is 1. The van der Waals surface area contributed by atoms with Crippen molar-refractivity contribution in [3.8, 4) is 0 Å². The van der Waals surface area contributed by atoms with Gasteiger partial charge in [0, 0.05) is 0 Å². The van der Waals surface area contributed by atoms with E-state index in [1.165, 1.54) is 0 Å². The molecule has 0 aliphatic heterocycles. The number of ether oxygens (including phenoxy) is 1. The first-order valence-corrected chi connectivity index (χ1v) is 5.20. The summed E-state index contributed by atoms with van der Waals surface area (Å²) < 4.78 is 5.66. The number of nitrogens with zero attached hydrogens (tertiary/aromatic N) is 1. The van der Waals surface area contributed by atoms with Crippen molar-refractivity contribution in [3.05, 3.63) is 35.4 Å². The van der Waals surface area contributed by atoms with Gasteiger partial charge in [-0.25, -0.2) is 0 Å². The van der Waals surface area contributed by atoms with Gasteiger partial charge in [0.2, 0.25) is 0 Å². The zero-order valence-electron chi connectivity index (χ0n) is 9.31. The first kappa shape index (κ1) is 11.7. The lowest BCUT2D eigenvalue weighted by Crippen LogP contribution is -2.07. The molecule has 2 N–H and O–H groups in total. The maximum Gasteiger partial charge on any atom is 0.0726 e. The highest BCUT2D eigenvalue weighted by molar-refractivity contribution is 5.81. The predicted octanol–water partition coefficient (Wildman–Crippen LogP) is 2.29. The number of hydrogen-bond donors (Lipinski definition) is 1. The summed E-state index contributed by atoms with van der Waals surface area (Å²) in [5.74, 6) is 5.14. The highest BCUT2D eigenvalue weighted by Gasteiger charge is 2.02. The van der Waals surface area contributed by atoms with Crippen molar-refractivity contribution in [2.24, 2.45) is 10.9 Å². The molecule has 0 heterocycles. The van der Waals surface area contributed by atoms with Gasteiger partial charge < -0.3 is 10.6 Å². The molecule has 1 aromatic rings. The van der Waals surface area contributed by atoms with Crippen LogP contribution in [0.2, 0.25) is 0 Å². The van der Waals surface area contributed by atoms with E-state index in [0.717, 1.165) is 17.5 Å². The fraction of sp³-hybridized carbons (Fsp3) is 0.417. The van der Waals surface area contributed by atoms with Crippen LogP contribution in [0.3, 0.4) is 0 Å². The van der Waals surface area contributed by atoms with E-state index < -0.39 is 0 Å². The first-order valence-electron chi connectivity index (χ1n) is 5.20. The molecule has 0 spiro atoms. The van der Waals surface area contributed by atoms with Gasteiger partial charge in [0.05, 0.1) is 18.9 Å². The molecule has 1 unspecified atom stereocenters. The molecule has 3 heteroatoms. The van der Waals surface area contributed by atoms with Gasteiger partial charge in [0.25, 0.3) is 0 Å². The van der Waals surface area contributed by atoms with Gasteiger partial charge in [0.1, 0.15) is 0 Å². The maximum absolute atomic E-state index is 5.66. The molecule has 0 amide bonds. The summed E-state index contributed by atoms with van der Waals surface area (Å²) in [6.45, 7) is 4.79. The average Bonchev–Trinajstić information content (AvgIpc) is 2.28. The Balaban J connectivity index is 2.67. The zero-order chi connectivity index (χ0) is 11.1. The zero-order valence-corrected chi connectivity index (χ0v) is 9.31. The van der Waals surface area contributed by atoms with Crippen LogP contribution in [0.15, 0.2) is 29.4 Å². The molecule has 0 saturated heterocycles. The minimum absolute atomic E-state index is 0.285. The minimum Gasteiger partial charge on any atom is -0.374 e. The van der Waals surface area contributed by atoms with Crippen LogP contribution in [0.5, 0.6) is 0 Å². The fourth-order valence-electron chi connectivity index (χ4n) is 1.22. The van der Waals surface area contributed by atoms with Crippen molar-refractivity contribution in [2.75, 3.05) is 0 Å². The molecule has 0 aliphatic carbocycles. The summed E-state index contributed by atoms with van der Waals surface area (Å²) in [6.07, 6.45) is 2.95. The Morgan fingerprint density at radius 3 is 2.87 bits per heavy atom. The van der Waals surface area contributed by atoms with Crippen molar-refractivity contribution in [1.29, 1.82) is 0 Å². The lowest BCUT2D eigenvalue weighted by Gasteiger charge is -2.11. The van der Waals surface area contributed by atoms with Gasteiger partial charge in [-0.2, -0.15) is 5.10 Å². The van der Waals surface area contributed by atoms with Crippen molar-refractivity contribution in [3.63, 3.8) is 0 Å². The van der Waals surface area contributed by atoms with Crippen molar-refractivity contribution >= 4 is 6.21 Å². The van der Waals surface area contributed by atoms with E-state index in [4.69, 9.17) is 10.6 Å². The molecule has 0 saturated carbocycles. The Morgan fingerprint density at radius 1 is 1.47 bits per heavy atom. The Hall–Kier alpha value is -1.35. The number of hydrazone groups is 1. The second-order valence-corrected chi connectivity index (χ2v) is 3.51. The molecule has 0 bridgehead atoms. The van der Waals surface area contributed by atoms with Gasteiger partial charge in [-0.3, -0.25) is 0 Å². The number of benzene rings is 1. The Bertz CT molecular complexity index is 323. The molecule has 15 heavy (non-hydrogen) atoms. The Morgan fingerprint density at radius 2 is 2.20 bits per heavy atom. The van der Waals surface area contributed by atoms with Gasteiger partial charge >= 0.3 is 0 Å². The Labute approximate surface area is 90.9 Å². The third-order valence-corrected chi connectivity index (χ3v) is 2.37. The van der Waals surface area contributed by atoms with Crippen LogP contribution in [0.4, 0.5) is 0 Å². The van der Waals surface area contributed by atoms with E-state index in [1.807, 2.05) is 24.3 Å². The van der Waals surface area contributed by atoms with Crippen molar-refractivity contribution in [1.82, 2.24) is 0 Å². The maximum atomic E-state index is 5.66. The second kappa shape index (κ2) is 6.19. The normalized spacial score (nSPS) is 13.2. The quantitative estimate of drug-likeness (QED) is 0.456. The lowest BCUT2D eigenvalue weighted by atomic mass is 10.1. The lowest BCUT2D eigenvalue weighted by molar-refractivity contribution is 0.0508. The standard InChI is InChI=1S/C12H18N2O/c1-3-10(2)15-9-12-7-5-4-6-11(12)8-14-13/h4-8,10H,3,9,13H2,1-2H3. The Kier molecular flexibility index (Phi) is 4.84. The van der Waals surface area contributed by atoms with Crippen LogP contribution in [0, 0.1) is 0 Å². The van der Waals surface area contributed by atoms with Crippen molar-refractivity contribution in [2.45, 2.75) is 33.0 Å². The van der Waals surface area contributed by atoms with E-state index in [-0.39, 0.29) is 6.10 Å². The molecule has 82 valence electrons. The number of rotatable bonds is 5. The highest BCUT2D eigenvalue weighted by Crippen LogP contribution is 2.10. The molecular weight excluding hydrogens is 188 g/mol. The van der Waals surface area contributed by atoms with Crippen LogP contribution in [0.1, 0.15) is 31.4 Å². The van der Waals surface area contributed by atoms with E-state index in [0.29, 0.717) is 6.61 Å². The predicted molar refractivity (Wildman–Crippen MR) is 62.8 cm³/mol. The topological polar surface area (TPSA) is 47.6 Å². The SMILES string of the molecule is CCC(C)OCc1ccccc1C=NN. The molecular formula is C12H18N2O. The largest absolute Gasteiger partial charge is 0.374 e. The molecule has 0 fully saturated rings. The van der Waals surface area contributed by atoms with Gasteiger partial charge in [-0.15, -0.1) is 0 Å². The van der Waals surface area contributed by atoms with Crippen LogP contribution >= 0.6 is 0 Å². The van der Waals surface area contributed by atoms with Crippen molar-refractivity contribution < 1.29 is 4.74 Å². The summed E-state index contributed by atoms with van der Waals surface area (Å²) in [6, 6.07) is 7.96. The third-order valence-electron chi connectivity index (χ3n) is 2.37. The summed E-state index contributed by atoms with van der Waals surface area (Å²) in [7, 11) is 0. The van der Waals surface area contributed by atoms with E-state index in [9.17, 15) is 0 Å². The second-order valence-electron chi connectivity index (χ2n) is 3.51. The summed E-state index contributed by atoms with van der Waals surface area (Å²) in [5.41, 5.74) is 2.13. The minimum atomic E-state index is 0.285. The molecule has 1 atom stereocenters. The third kappa shape index (κ3) is 3.72. The summed E-state index contributed by atoms with van der Waals surface area (Å²) in [5, 5.41) is 3.53. The van der Waals surface area contributed by atoms with Crippen LogP contribution in [-0.2, 0) is 11.3 Å². The van der Waals surface area contributed by atoms with Crippen LogP contribution < -0.4 is 5.84 Å². The molecule has 0 aliphatic rings. The average molecular weight is 206 g/mol. The van der Waals surface area contributed by atoms with E-state index in [2.05, 4.69) is 18.9 Å². The molecule has 0 aromatic heterocycles. The molecule has 0 radical (unpaired) electrons. The number of hydrogen-bond acceptors (Lipinski definition) is 3. The fourth-order valence-corrected chi connectivity index (χ4v) is 1.22. The van der Waals surface area contributed by atoms with Gasteiger partial charge in [0.15, 0.2) is 0 Å². The van der Waals surface area contributed by atoms with Gasteiger partial charge in [-0.05, 0) is 24.5 Å². The monoisotopic (exact) mass is 206 g/mol. The van der Waals surface area contributed by atoms with E-state index in [1.54, 1.807) is 6.21 Å². The van der Waals surface area contributed by atoms with E-state index >= 15 is 0 Å². The van der Waals surface area contributed by atoms with Crippen LogP contribution in [0.25, 0.3) is 0 Å². The first-order chi connectivity index (χ1) is 7.27.